The second kappa shape index (κ2) is 9.54. The molecule has 0 saturated carbocycles. The van der Waals surface area contributed by atoms with Crippen molar-refractivity contribution in [1.29, 1.82) is 0 Å². The lowest BCUT2D eigenvalue weighted by atomic mass is 9.97. The van der Waals surface area contributed by atoms with Crippen LogP contribution in [0.1, 0.15) is 23.2 Å². The number of methoxy groups -OCH3 is 1. The number of hydrogen-bond donors (Lipinski definition) is 0. The molecule has 0 radical (unpaired) electrons. The Morgan fingerprint density at radius 3 is 2.31 bits per heavy atom. The van der Waals surface area contributed by atoms with E-state index >= 15 is 0 Å². The molecule has 2 fully saturated rings. The summed E-state index contributed by atoms with van der Waals surface area (Å²) in [4.78, 5) is 42.2. The zero-order valence-electron chi connectivity index (χ0n) is 16.4. The maximum Gasteiger partial charge on any atom is 0.308 e. The normalized spacial score (nSPS) is 18.6. The zero-order chi connectivity index (χ0) is 21.0. The van der Waals surface area contributed by atoms with Gasteiger partial charge >= 0.3 is 5.97 Å². The predicted octanol–water partition coefficient (Wildman–Crippen LogP) is 1.65. The van der Waals surface area contributed by atoms with Gasteiger partial charge in [0, 0.05) is 39.3 Å². The highest BCUT2D eigenvalue weighted by atomic mass is 35.5. The number of benzene rings is 1. The van der Waals surface area contributed by atoms with Crippen LogP contribution in [0.3, 0.4) is 0 Å². The van der Waals surface area contributed by atoms with Crippen LogP contribution in [-0.4, -0.2) is 85.4 Å². The third-order valence-electron chi connectivity index (χ3n) is 5.56. The number of carbonyl (C=O) groups excluding carboxylic acids is 3. The highest BCUT2D eigenvalue weighted by Gasteiger charge is 2.30. The van der Waals surface area contributed by atoms with E-state index in [4.69, 9.17) is 16.3 Å². The third kappa shape index (κ3) is 5.25. The van der Waals surface area contributed by atoms with Crippen LogP contribution in [-0.2, 0) is 14.3 Å². The van der Waals surface area contributed by atoms with E-state index in [0.717, 1.165) is 6.07 Å². The number of rotatable bonds is 4. The van der Waals surface area contributed by atoms with E-state index in [0.29, 0.717) is 58.7 Å². The minimum absolute atomic E-state index is 0.0367. The highest BCUT2D eigenvalue weighted by molar-refractivity contribution is 6.33. The molecule has 0 aliphatic carbocycles. The number of esters is 1. The first-order valence-electron chi connectivity index (χ1n) is 9.71. The van der Waals surface area contributed by atoms with Crippen molar-refractivity contribution >= 4 is 29.4 Å². The van der Waals surface area contributed by atoms with E-state index in [-0.39, 0.29) is 34.3 Å². The topological polar surface area (TPSA) is 70.2 Å². The SMILES string of the molecule is COC(=O)C1CCN(C(=O)CN2CCN(C(=O)c3ccc(F)cc3Cl)CC2)CC1. The Balaban J connectivity index is 1.45. The fraction of sp³-hybridized carbons (Fsp3) is 0.550. The molecule has 158 valence electrons. The molecule has 0 unspecified atom stereocenters. The minimum atomic E-state index is -0.481. The number of halogens is 2. The Morgan fingerprint density at radius 2 is 1.72 bits per heavy atom. The molecule has 0 aromatic heterocycles. The Hall–Kier alpha value is -2.19. The van der Waals surface area contributed by atoms with Gasteiger partial charge in [-0.3, -0.25) is 19.3 Å². The van der Waals surface area contributed by atoms with Crippen molar-refractivity contribution in [1.82, 2.24) is 14.7 Å². The van der Waals surface area contributed by atoms with E-state index < -0.39 is 5.82 Å². The van der Waals surface area contributed by atoms with Crippen LogP contribution in [0.5, 0.6) is 0 Å². The first kappa shape index (κ1) is 21.5. The molecular formula is C20H25ClFN3O4. The molecule has 2 aliphatic rings. The fourth-order valence-corrected chi connectivity index (χ4v) is 4.01. The summed E-state index contributed by atoms with van der Waals surface area (Å²) in [6, 6.07) is 3.75. The molecule has 0 N–H and O–H groups in total. The molecule has 1 aromatic carbocycles. The predicted molar refractivity (Wildman–Crippen MR) is 105 cm³/mol. The molecule has 2 aliphatic heterocycles. The second-order valence-electron chi connectivity index (χ2n) is 7.37. The van der Waals surface area contributed by atoms with Crippen molar-refractivity contribution in [3.63, 3.8) is 0 Å². The smallest absolute Gasteiger partial charge is 0.308 e. The van der Waals surface area contributed by atoms with Crippen molar-refractivity contribution in [3.8, 4) is 0 Å². The number of piperidine rings is 1. The van der Waals surface area contributed by atoms with Crippen LogP contribution in [0.15, 0.2) is 18.2 Å². The Labute approximate surface area is 174 Å². The summed E-state index contributed by atoms with van der Waals surface area (Å²) >= 11 is 5.99. The largest absolute Gasteiger partial charge is 0.469 e. The fourth-order valence-electron chi connectivity index (χ4n) is 3.76. The van der Waals surface area contributed by atoms with Gasteiger partial charge in [0.1, 0.15) is 5.82 Å². The molecule has 0 atom stereocenters. The molecule has 2 amide bonds. The zero-order valence-corrected chi connectivity index (χ0v) is 17.2. The molecule has 2 heterocycles. The quantitative estimate of drug-likeness (QED) is 0.686. The van der Waals surface area contributed by atoms with Gasteiger partial charge in [-0.2, -0.15) is 0 Å². The summed E-state index contributed by atoms with van der Waals surface area (Å²) in [6.07, 6.45) is 1.25. The van der Waals surface area contributed by atoms with Gasteiger partial charge < -0.3 is 14.5 Å². The first-order valence-corrected chi connectivity index (χ1v) is 10.1. The number of likely N-dealkylation sites (tertiary alicyclic amines) is 1. The van der Waals surface area contributed by atoms with Gasteiger partial charge in [0.25, 0.3) is 5.91 Å². The van der Waals surface area contributed by atoms with Crippen LogP contribution in [0.4, 0.5) is 4.39 Å². The average Bonchev–Trinajstić information content (AvgIpc) is 2.73. The molecule has 7 nitrogen and oxygen atoms in total. The molecule has 9 heteroatoms. The summed E-state index contributed by atoms with van der Waals surface area (Å²) in [5, 5.41) is 0.1000. The summed E-state index contributed by atoms with van der Waals surface area (Å²) < 4.78 is 18.0. The van der Waals surface area contributed by atoms with Crippen molar-refractivity contribution in [2.24, 2.45) is 5.92 Å². The molecule has 0 bridgehead atoms. The van der Waals surface area contributed by atoms with Gasteiger partial charge in [0.15, 0.2) is 0 Å². The van der Waals surface area contributed by atoms with E-state index in [1.54, 1.807) is 9.80 Å². The maximum atomic E-state index is 13.2. The number of nitrogens with zero attached hydrogens (tertiary/aromatic N) is 3. The van der Waals surface area contributed by atoms with Gasteiger partial charge in [-0.25, -0.2) is 4.39 Å². The molecular weight excluding hydrogens is 401 g/mol. The summed E-state index contributed by atoms with van der Waals surface area (Å²) in [7, 11) is 1.38. The molecule has 1 aromatic rings. The number of ether oxygens (including phenoxy) is 1. The van der Waals surface area contributed by atoms with Crippen molar-refractivity contribution in [3.05, 3.63) is 34.6 Å². The Kier molecular flexibility index (Phi) is 7.08. The first-order chi connectivity index (χ1) is 13.9. The lowest BCUT2D eigenvalue weighted by Gasteiger charge is -2.36. The van der Waals surface area contributed by atoms with Crippen molar-refractivity contribution in [2.75, 3.05) is 52.9 Å². The number of hydrogen-bond acceptors (Lipinski definition) is 5. The van der Waals surface area contributed by atoms with E-state index in [1.807, 2.05) is 4.90 Å². The van der Waals surface area contributed by atoms with Crippen molar-refractivity contribution < 1.29 is 23.5 Å². The highest BCUT2D eigenvalue weighted by Crippen LogP contribution is 2.21. The number of carbonyl (C=O) groups is 3. The van der Waals surface area contributed by atoms with E-state index in [1.165, 1.54) is 19.2 Å². The lowest BCUT2D eigenvalue weighted by molar-refractivity contribution is -0.149. The molecule has 29 heavy (non-hydrogen) atoms. The molecule has 2 saturated heterocycles. The monoisotopic (exact) mass is 425 g/mol. The standard InChI is InChI=1S/C20H25ClFN3O4/c1-29-20(28)14-4-6-24(7-5-14)18(26)13-23-8-10-25(11-9-23)19(27)16-3-2-15(22)12-17(16)21/h2-3,12,14H,4-11,13H2,1H3. The maximum absolute atomic E-state index is 13.2. The van der Waals surface area contributed by atoms with Gasteiger partial charge in [-0.15, -0.1) is 0 Å². The van der Waals surface area contributed by atoms with Crippen LogP contribution in [0, 0.1) is 11.7 Å². The summed E-state index contributed by atoms with van der Waals surface area (Å²) in [5.74, 6) is -1.01. The van der Waals surface area contributed by atoms with Crippen molar-refractivity contribution in [2.45, 2.75) is 12.8 Å². The van der Waals surface area contributed by atoms with Crippen LogP contribution >= 0.6 is 11.6 Å². The Bertz CT molecular complexity index is 775. The van der Waals surface area contributed by atoms with Gasteiger partial charge in [-0.1, -0.05) is 11.6 Å². The minimum Gasteiger partial charge on any atom is -0.469 e. The molecule has 0 spiro atoms. The van der Waals surface area contributed by atoms with Gasteiger partial charge in [-0.05, 0) is 31.0 Å². The van der Waals surface area contributed by atoms with E-state index in [2.05, 4.69) is 0 Å². The Morgan fingerprint density at radius 1 is 1.07 bits per heavy atom. The molecule has 3 rings (SSSR count). The van der Waals surface area contributed by atoms with E-state index in [9.17, 15) is 18.8 Å². The summed E-state index contributed by atoms with van der Waals surface area (Å²) in [5.41, 5.74) is 0.283. The van der Waals surface area contributed by atoms with Crippen LogP contribution in [0.2, 0.25) is 5.02 Å². The summed E-state index contributed by atoms with van der Waals surface area (Å²) in [6.45, 7) is 3.51. The lowest BCUT2D eigenvalue weighted by Crippen LogP contribution is -2.52. The third-order valence-corrected chi connectivity index (χ3v) is 5.87. The van der Waals surface area contributed by atoms with Gasteiger partial charge in [0.05, 0.1) is 30.2 Å². The van der Waals surface area contributed by atoms with Crippen LogP contribution < -0.4 is 0 Å². The average molecular weight is 426 g/mol. The van der Waals surface area contributed by atoms with Crippen LogP contribution in [0.25, 0.3) is 0 Å². The second-order valence-corrected chi connectivity index (χ2v) is 7.78. The number of piperazine rings is 1. The van der Waals surface area contributed by atoms with Gasteiger partial charge in [0.2, 0.25) is 5.91 Å². The number of amides is 2.